The van der Waals surface area contributed by atoms with Gasteiger partial charge in [-0.05, 0) is 19.8 Å². The molecule has 2 aromatic rings. The number of nitrogens with one attached hydrogen (secondary N) is 1. The zero-order valence-electron chi connectivity index (χ0n) is 19.6. The summed E-state index contributed by atoms with van der Waals surface area (Å²) < 4.78 is 23.8. The fourth-order valence-electron chi connectivity index (χ4n) is 4.49. The van der Waals surface area contributed by atoms with E-state index in [2.05, 4.69) is 20.3 Å². The maximum absolute atomic E-state index is 11.9. The number of hydrogen-bond acceptors (Lipinski definition) is 11. The molecule has 1 saturated carbocycles. The summed E-state index contributed by atoms with van der Waals surface area (Å²) in [5, 5.41) is 3.47. The van der Waals surface area contributed by atoms with Gasteiger partial charge in [0.15, 0.2) is 35.4 Å². The maximum Gasteiger partial charge on any atom is 0.303 e. The first-order chi connectivity index (χ1) is 16.2. The van der Waals surface area contributed by atoms with Crippen LogP contribution in [0.1, 0.15) is 58.5 Å². The van der Waals surface area contributed by atoms with E-state index in [1.807, 2.05) is 0 Å². The molecule has 184 valence electrons. The molecule has 12 heteroatoms. The minimum Gasteiger partial charge on any atom is -0.463 e. The van der Waals surface area contributed by atoms with Gasteiger partial charge >= 0.3 is 17.9 Å². The van der Waals surface area contributed by atoms with Crippen LogP contribution in [-0.2, 0) is 33.3 Å². The molecule has 1 N–H and O–H groups in total. The molecule has 12 nitrogen and oxygen atoms in total. The van der Waals surface area contributed by atoms with Crippen molar-refractivity contribution in [1.82, 2.24) is 19.5 Å². The Bertz CT molecular complexity index is 1080. The van der Waals surface area contributed by atoms with Gasteiger partial charge in [-0.2, -0.15) is 0 Å². The van der Waals surface area contributed by atoms with Crippen LogP contribution in [0.3, 0.4) is 0 Å². The highest BCUT2D eigenvalue weighted by Gasteiger charge is 2.51. The fourth-order valence-corrected chi connectivity index (χ4v) is 4.49. The summed E-state index contributed by atoms with van der Waals surface area (Å²) in [5.41, 5.74) is 1.03. The number of esters is 3. The van der Waals surface area contributed by atoms with Gasteiger partial charge in [-0.3, -0.25) is 19.0 Å². The summed E-state index contributed by atoms with van der Waals surface area (Å²) in [6.45, 7) is 5.35. The molecule has 0 bridgehead atoms. The van der Waals surface area contributed by atoms with E-state index < -0.39 is 42.4 Å². The molecule has 0 unspecified atom stereocenters. The van der Waals surface area contributed by atoms with E-state index in [1.54, 1.807) is 11.5 Å². The van der Waals surface area contributed by atoms with Crippen LogP contribution in [0.5, 0.6) is 0 Å². The summed E-state index contributed by atoms with van der Waals surface area (Å²) in [4.78, 5) is 48.7. The Morgan fingerprint density at radius 2 is 1.74 bits per heavy atom. The number of imidazole rings is 1. The van der Waals surface area contributed by atoms with Crippen molar-refractivity contribution in [1.29, 1.82) is 0 Å². The van der Waals surface area contributed by atoms with Crippen molar-refractivity contribution in [3.05, 3.63) is 12.2 Å². The number of hydrogen-bond donors (Lipinski definition) is 1. The van der Waals surface area contributed by atoms with Crippen molar-refractivity contribution in [2.45, 2.75) is 84.0 Å². The minimum absolute atomic E-state index is 0.184. The number of carbonyl (C=O) groups excluding carboxylic acids is 3. The van der Waals surface area contributed by atoms with E-state index in [0.29, 0.717) is 28.8 Å². The molecule has 2 fully saturated rings. The summed E-state index contributed by atoms with van der Waals surface area (Å²) in [5.74, 6) is -0.525. The standard InChI is InChI=1S/C22H29N5O7/c1-11-24-20(26-15-7-5-6-8-15)17-21(25-11)27(10-23-17)22-19(33-14(4)30)18(32-13(3)29)16(34-22)9-31-12(2)28/h10,15-16,18-19,22H,5-9H2,1-4H3,(H,24,25,26)/t16-,18-,19-,22-/m1/s1. The lowest BCUT2D eigenvalue weighted by molar-refractivity contribution is -0.166. The Kier molecular flexibility index (Phi) is 6.96. The molecule has 34 heavy (non-hydrogen) atoms. The fraction of sp³-hybridized carbons (Fsp3) is 0.636. The molecule has 2 aromatic heterocycles. The summed E-state index contributed by atoms with van der Waals surface area (Å²) in [6, 6.07) is 0.320. The van der Waals surface area contributed by atoms with E-state index in [0.717, 1.165) is 12.8 Å². The maximum atomic E-state index is 11.9. The number of rotatable bonds is 7. The van der Waals surface area contributed by atoms with Crippen LogP contribution in [-0.4, -0.2) is 68.4 Å². The second-order valence-corrected chi connectivity index (χ2v) is 8.58. The van der Waals surface area contributed by atoms with Crippen LogP contribution in [0.2, 0.25) is 0 Å². The number of fused-ring (bicyclic) bond motifs is 1. The first-order valence-electron chi connectivity index (χ1n) is 11.3. The Labute approximate surface area is 196 Å². The molecule has 0 aromatic carbocycles. The van der Waals surface area contributed by atoms with Crippen LogP contribution in [0, 0.1) is 6.92 Å². The van der Waals surface area contributed by atoms with Crippen LogP contribution in [0.25, 0.3) is 11.2 Å². The van der Waals surface area contributed by atoms with Crippen molar-refractivity contribution in [3.63, 3.8) is 0 Å². The smallest absolute Gasteiger partial charge is 0.303 e. The molecule has 4 rings (SSSR count). The number of aromatic nitrogens is 4. The molecule has 3 heterocycles. The number of ether oxygens (including phenoxy) is 4. The monoisotopic (exact) mass is 475 g/mol. The quantitative estimate of drug-likeness (QED) is 0.462. The van der Waals surface area contributed by atoms with Crippen molar-refractivity contribution in [2.75, 3.05) is 11.9 Å². The molecule has 1 aliphatic heterocycles. The summed E-state index contributed by atoms with van der Waals surface area (Å²) in [6.07, 6.45) is 2.19. The summed E-state index contributed by atoms with van der Waals surface area (Å²) >= 11 is 0. The van der Waals surface area contributed by atoms with Gasteiger partial charge in [-0.25, -0.2) is 15.0 Å². The highest BCUT2D eigenvalue weighted by Crippen LogP contribution is 2.37. The van der Waals surface area contributed by atoms with Crippen LogP contribution in [0.15, 0.2) is 6.33 Å². The molecular weight excluding hydrogens is 446 g/mol. The largest absolute Gasteiger partial charge is 0.463 e. The van der Waals surface area contributed by atoms with Crippen LogP contribution >= 0.6 is 0 Å². The van der Waals surface area contributed by atoms with Gasteiger partial charge in [-0.15, -0.1) is 0 Å². The Morgan fingerprint density at radius 1 is 1.06 bits per heavy atom. The SMILES string of the molecule is CC(=O)OC[C@H]1O[C@@H](n2cnc3c(NC4CCCC4)nc(C)nc32)[C@H](OC(C)=O)[C@@H]1OC(C)=O. The van der Waals surface area contributed by atoms with E-state index >= 15 is 0 Å². The second-order valence-electron chi connectivity index (χ2n) is 8.58. The molecule has 2 aliphatic rings. The molecule has 4 atom stereocenters. The van der Waals surface area contributed by atoms with E-state index in [-0.39, 0.29) is 6.61 Å². The molecule has 1 aliphatic carbocycles. The predicted molar refractivity (Wildman–Crippen MR) is 118 cm³/mol. The van der Waals surface area contributed by atoms with Crippen molar-refractivity contribution >= 4 is 34.9 Å². The molecule has 0 amide bonds. The van der Waals surface area contributed by atoms with Gasteiger partial charge in [0.2, 0.25) is 0 Å². The third kappa shape index (κ3) is 5.11. The summed E-state index contributed by atoms with van der Waals surface area (Å²) in [7, 11) is 0. The highest BCUT2D eigenvalue weighted by atomic mass is 16.7. The van der Waals surface area contributed by atoms with Gasteiger partial charge in [-0.1, -0.05) is 12.8 Å². The van der Waals surface area contributed by atoms with Gasteiger partial charge < -0.3 is 24.3 Å². The normalized spacial score (nSPS) is 24.8. The molecule has 1 saturated heterocycles. The van der Waals surface area contributed by atoms with E-state index in [1.165, 1.54) is 39.9 Å². The van der Waals surface area contributed by atoms with Gasteiger partial charge in [0.1, 0.15) is 18.5 Å². The molecular formula is C22H29N5O7. The topological polar surface area (TPSA) is 144 Å². The van der Waals surface area contributed by atoms with Crippen molar-refractivity contribution in [3.8, 4) is 0 Å². The van der Waals surface area contributed by atoms with E-state index in [9.17, 15) is 14.4 Å². The van der Waals surface area contributed by atoms with Crippen molar-refractivity contribution in [2.24, 2.45) is 0 Å². The van der Waals surface area contributed by atoms with Gasteiger partial charge in [0.05, 0.1) is 6.33 Å². The number of nitrogens with zero attached hydrogens (tertiary/aromatic N) is 4. The van der Waals surface area contributed by atoms with Crippen molar-refractivity contribution < 1.29 is 33.3 Å². The Balaban J connectivity index is 1.71. The second kappa shape index (κ2) is 9.92. The third-order valence-electron chi connectivity index (χ3n) is 5.84. The molecule has 0 spiro atoms. The lowest BCUT2D eigenvalue weighted by atomic mass is 10.1. The highest BCUT2D eigenvalue weighted by molar-refractivity contribution is 5.83. The lowest BCUT2D eigenvalue weighted by Crippen LogP contribution is -2.40. The van der Waals surface area contributed by atoms with Crippen LogP contribution < -0.4 is 5.32 Å². The zero-order chi connectivity index (χ0) is 24.4. The first-order valence-corrected chi connectivity index (χ1v) is 11.3. The third-order valence-corrected chi connectivity index (χ3v) is 5.84. The first kappa shape index (κ1) is 23.9. The number of carbonyl (C=O) groups is 3. The van der Waals surface area contributed by atoms with Gasteiger partial charge in [0.25, 0.3) is 0 Å². The Morgan fingerprint density at radius 3 is 2.38 bits per heavy atom. The number of aryl methyl sites for hydroxylation is 1. The number of anilines is 1. The van der Waals surface area contributed by atoms with Gasteiger partial charge in [0, 0.05) is 26.8 Å². The average molecular weight is 476 g/mol. The Hall–Kier alpha value is -3.28. The van der Waals surface area contributed by atoms with Crippen LogP contribution in [0.4, 0.5) is 5.82 Å². The average Bonchev–Trinajstić information content (AvgIpc) is 3.46. The molecule has 0 radical (unpaired) electrons. The lowest BCUT2D eigenvalue weighted by Gasteiger charge is -2.23. The van der Waals surface area contributed by atoms with E-state index in [4.69, 9.17) is 18.9 Å². The predicted octanol–water partition coefficient (Wildman–Crippen LogP) is 1.81. The zero-order valence-corrected chi connectivity index (χ0v) is 19.6. The minimum atomic E-state index is -1.01.